The molecule has 5 aromatic rings. The Bertz CT molecular complexity index is 2180. The molecule has 0 bridgehead atoms. The molecule has 0 aliphatic carbocycles. The van der Waals surface area contributed by atoms with Gasteiger partial charge in [-0.05, 0) is 161 Å². The normalized spacial score (nSPS) is 12.0. The zero-order valence-corrected chi connectivity index (χ0v) is 43.2. The predicted molar refractivity (Wildman–Crippen MR) is 266 cm³/mol. The highest BCUT2D eigenvalue weighted by Gasteiger charge is 2.32. The van der Waals surface area contributed by atoms with Crippen LogP contribution in [0.2, 0.25) is 5.02 Å². The largest absolute Gasteiger partial charge is 0.416 e. The van der Waals surface area contributed by atoms with Gasteiger partial charge in [-0.15, -0.1) is 0 Å². The number of benzene rings is 5. The topological polar surface area (TPSA) is 0 Å². The number of aryl methyl sites for hydroxylation is 5. The van der Waals surface area contributed by atoms with Crippen LogP contribution in [0.25, 0.3) is 0 Å². The molecule has 5 rings (SSSR count). The van der Waals surface area contributed by atoms with Crippen LogP contribution in [0.3, 0.4) is 0 Å². The molecular formula is C57H76ClF9. The van der Waals surface area contributed by atoms with E-state index in [1.165, 1.54) is 41.5 Å². The molecular weight excluding hydrogens is 891 g/mol. The van der Waals surface area contributed by atoms with E-state index in [-0.39, 0.29) is 40.8 Å². The first-order valence-electron chi connectivity index (χ1n) is 21.9. The fourth-order valence-corrected chi connectivity index (χ4v) is 6.48. The third-order valence-corrected chi connectivity index (χ3v) is 10.5. The Morgan fingerprint density at radius 3 is 1.07 bits per heavy atom. The van der Waals surface area contributed by atoms with Crippen molar-refractivity contribution in [3.05, 3.63) is 174 Å². The summed E-state index contributed by atoms with van der Waals surface area (Å²) in [5.41, 5.74) is 7.22. The second kappa shape index (κ2) is 24.4. The molecule has 10 heteroatoms. The summed E-state index contributed by atoms with van der Waals surface area (Å²) in [5.74, 6) is -1.52. The van der Waals surface area contributed by atoms with Crippen molar-refractivity contribution in [1.29, 1.82) is 0 Å². The lowest BCUT2D eigenvalue weighted by molar-refractivity contribution is -0.138. The molecule has 5 aromatic carbocycles. The number of hydrogen-bond donors (Lipinski definition) is 0. The Morgan fingerprint density at radius 2 is 0.716 bits per heavy atom. The van der Waals surface area contributed by atoms with Crippen molar-refractivity contribution in [3.8, 4) is 0 Å². The van der Waals surface area contributed by atoms with Gasteiger partial charge in [0.15, 0.2) is 11.6 Å². The first-order valence-corrected chi connectivity index (χ1v) is 22.3. The number of rotatable bonds is 1. The van der Waals surface area contributed by atoms with Crippen molar-refractivity contribution in [3.63, 3.8) is 0 Å². The van der Waals surface area contributed by atoms with Gasteiger partial charge in [0.25, 0.3) is 0 Å². The first-order chi connectivity index (χ1) is 29.5. The van der Waals surface area contributed by atoms with Crippen LogP contribution >= 0.6 is 11.6 Å². The van der Waals surface area contributed by atoms with Crippen LogP contribution in [0.1, 0.15) is 177 Å². The van der Waals surface area contributed by atoms with E-state index < -0.39 is 35.1 Å². The van der Waals surface area contributed by atoms with Gasteiger partial charge in [-0.2, -0.15) is 26.3 Å². The maximum absolute atomic E-state index is 13.0. The molecule has 0 nitrogen and oxygen atoms in total. The summed E-state index contributed by atoms with van der Waals surface area (Å²) < 4.78 is 114. The van der Waals surface area contributed by atoms with Gasteiger partial charge in [-0.25, -0.2) is 13.2 Å². The number of halogens is 10. The van der Waals surface area contributed by atoms with Gasteiger partial charge < -0.3 is 0 Å². The standard InChI is InChI=1S/C12H15F3.C11H15Cl.C11H13F3.C11H14F2.C11H15F.CH4/c1-8-5-9(11(2,3)4)7-10(6-8)12(13,14)15;1-8-5-9(11(2,3)4)7-10(12)6-8;1-7(2)9-4-8(3)5-10(6-9)11(12,13)14;1-7-5-8(11(2,3)4)6-9(12)10(7)13;1-8-5-9(11(2,3)4)7-10(12)6-8;/h5-7H,1-4H3;5-7H,1-4H3;4-7H,1-3H3;5-6H,1-4H3;5-7H,1-4H3;1H4. The van der Waals surface area contributed by atoms with Crippen molar-refractivity contribution < 1.29 is 39.5 Å². The summed E-state index contributed by atoms with van der Waals surface area (Å²) in [6.45, 7) is 37.2. The molecule has 0 saturated carbocycles. The zero-order valence-electron chi connectivity index (χ0n) is 42.4. The Balaban J connectivity index is 0.000000812. The predicted octanol–water partition coefficient (Wildman–Crippen LogP) is 20.0. The molecule has 374 valence electrons. The third kappa shape index (κ3) is 22.2. The van der Waals surface area contributed by atoms with Crippen molar-refractivity contribution in [2.45, 2.75) is 179 Å². The Hall–Kier alpha value is -4.24. The van der Waals surface area contributed by atoms with Gasteiger partial charge in [-0.3, -0.25) is 0 Å². The van der Waals surface area contributed by atoms with Crippen LogP contribution in [0, 0.1) is 52.1 Å². The van der Waals surface area contributed by atoms with E-state index in [9.17, 15) is 39.5 Å². The molecule has 0 fully saturated rings. The zero-order chi connectivity index (χ0) is 51.7. The van der Waals surface area contributed by atoms with Crippen LogP contribution in [-0.2, 0) is 34.0 Å². The molecule has 0 amide bonds. The van der Waals surface area contributed by atoms with Crippen LogP contribution in [0.4, 0.5) is 39.5 Å². The maximum atomic E-state index is 13.0. The minimum atomic E-state index is -4.26. The van der Waals surface area contributed by atoms with Crippen LogP contribution in [-0.4, -0.2) is 0 Å². The lowest BCUT2D eigenvalue weighted by atomic mass is 9.85. The molecule has 0 atom stereocenters. The van der Waals surface area contributed by atoms with Gasteiger partial charge in [0.05, 0.1) is 11.1 Å². The minimum Gasteiger partial charge on any atom is -0.207 e. The van der Waals surface area contributed by atoms with Crippen molar-refractivity contribution >= 4 is 11.6 Å². The highest BCUT2D eigenvalue weighted by Crippen LogP contribution is 2.35. The van der Waals surface area contributed by atoms with Crippen molar-refractivity contribution in [1.82, 2.24) is 0 Å². The van der Waals surface area contributed by atoms with Gasteiger partial charge in [-0.1, -0.05) is 157 Å². The first kappa shape index (κ1) is 62.8. The highest BCUT2D eigenvalue weighted by atomic mass is 35.5. The number of alkyl halides is 6. The molecule has 0 saturated heterocycles. The van der Waals surface area contributed by atoms with E-state index in [2.05, 4.69) is 54.5 Å². The lowest BCUT2D eigenvalue weighted by Gasteiger charge is -2.21. The average molecular weight is 968 g/mol. The van der Waals surface area contributed by atoms with E-state index in [1.54, 1.807) is 51.1 Å². The fourth-order valence-electron chi connectivity index (χ4n) is 6.19. The minimum absolute atomic E-state index is 0. The quantitative estimate of drug-likeness (QED) is 0.147. The van der Waals surface area contributed by atoms with E-state index in [0.29, 0.717) is 16.7 Å². The molecule has 67 heavy (non-hydrogen) atoms. The molecule has 0 unspecified atom stereocenters. The van der Waals surface area contributed by atoms with Crippen molar-refractivity contribution in [2.75, 3.05) is 0 Å². The second-order valence-corrected chi connectivity index (χ2v) is 21.9. The van der Waals surface area contributed by atoms with Crippen LogP contribution < -0.4 is 0 Å². The van der Waals surface area contributed by atoms with E-state index in [4.69, 9.17) is 11.6 Å². The average Bonchev–Trinajstić information content (AvgIpc) is 3.11. The van der Waals surface area contributed by atoms with Crippen molar-refractivity contribution in [2.24, 2.45) is 0 Å². The summed E-state index contributed by atoms with van der Waals surface area (Å²) in [6, 6.07) is 22.7. The van der Waals surface area contributed by atoms with Gasteiger partial charge >= 0.3 is 12.4 Å². The Kier molecular flexibility index (Phi) is 22.8. The van der Waals surface area contributed by atoms with E-state index in [1.807, 2.05) is 80.5 Å². The summed E-state index contributed by atoms with van der Waals surface area (Å²) in [4.78, 5) is 0. The molecule has 0 aliphatic heterocycles. The van der Waals surface area contributed by atoms with E-state index >= 15 is 0 Å². The molecule has 0 aromatic heterocycles. The lowest BCUT2D eigenvalue weighted by Crippen LogP contribution is -2.14. The molecule has 0 N–H and O–H groups in total. The summed E-state index contributed by atoms with van der Waals surface area (Å²) >= 11 is 5.96. The monoisotopic (exact) mass is 967 g/mol. The van der Waals surface area contributed by atoms with Gasteiger partial charge in [0, 0.05) is 5.02 Å². The SMILES string of the molecule is C.Cc1cc(C(C)(C)C)cc(C(F)(F)F)c1.Cc1cc(C(C)(C)C)cc(F)c1F.Cc1cc(C(C)C)cc(C(F)(F)F)c1.Cc1cc(Cl)cc(C(C)(C)C)c1.Cc1cc(F)cc(C(C)(C)C)c1. The van der Waals surface area contributed by atoms with Crippen LogP contribution in [0.5, 0.6) is 0 Å². The Morgan fingerprint density at radius 1 is 0.388 bits per heavy atom. The summed E-state index contributed by atoms with van der Waals surface area (Å²) in [7, 11) is 0. The Labute approximate surface area is 402 Å². The maximum Gasteiger partial charge on any atom is 0.416 e. The highest BCUT2D eigenvalue weighted by molar-refractivity contribution is 6.30. The summed E-state index contributed by atoms with van der Waals surface area (Å²) in [5, 5.41) is 0.833. The van der Waals surface area contributed by atoms with Crippen LogP contribution in [0.15, 0.2) is 84.9 Å². The second-order valence-electron chi connectivity index (χ2n) is 21.5. The number of hydrogen-bond acceptors (Lipinski definition) is 0. The van der Waals surface area contributed by atoms with Gasteiger partial charge in [0.2, 0.25) is 0 Å². The smallest absolute Gasteiger partial charge is 0.207 e. The van der Waals surface area contributed by atoms with Gasteiger partial charge in [0.1, 0.15) is 5.82 Å². The molecule has 0 radical (unpaired) electrons. The fraction of sp³-hybridized carbons (Fsp3) is 0.474. The summed E-state index contributed by atoms with van der Waals surface area (Å²) in [6.07, 6.45) is -8.50. The van der Waals surface area contributed by atoms with E-state index in [0.717, 1.165) is 32.8 Å². The molecule has 0 aliphatic rings. The molecule has 0 spiro atoms. The third-order valence-electron chi connectivity index (χ3n) is 10.3. The molecule has 0 heterocycles.